The number of hydrogen-bond acceptors (Lipinski definition) is 5. The van der Waals surface area contributed by atoms with E-state index in [0.29, 0.717) is 5.75 Å². The van der Waals surface area contributed by atoms with E-state index in [1.54, 1.807) is 6.07 Å². The van der Waals surface area contributed by atoms with Crippen LogP contribution in [0.15, 0.2) is 53.3 Å². The Morgan fingerprint density at radius 3 is 2.66 bits per heavy atom. The summed E-state index contributed by atoms with van der Waals surface area (Å²) in [6, 6.07) is 7.16. The lowest BCUT2D eigenvalue weighted by Crippen LogP contribution is -2.38. The molecule has 0 aliphatic carbocycles. The number of carbonyl (C=O) groups is 1. The number of nitrogens with zero attached hydrogens (tertiary/aromatic N) is 2. The Morgan fingerprint density at radius 2 is 2.00 bits per heavy atom. The van der Waals surface area contributed by atoms with E-state index in [2.05, 4.69) is 10.1 Å². The van der Waals surface area contributed by atoms with Crippen molar-refractivity contribution in [1.29, 1.82) is 0 Å². The van der Waals surface area contributed by atoms with E-state index in [1.807, 2.05) is 31.3 Å². The van der Waals surface area contributed by atoms with Crippen molar-refractivity contribution in [1.82, 2.24) is 15.5 Å². The first-order chi connectivity index (χ1) is 13.7. The van der Waals surface area contributed by atoms with Crippen LogP contribution in [0.2, 0.25) is 0 Å². The number of aromatic nitrogens is 2. The lowest BCUT2D eigenvalue weighted by Gasteiger charge is -2.21. The minimum Gasteiger partial charge on any atom is -0.486 e. The van der Waals surface area contributed by atoms with Gasteiger partial charge in [0.25, 0.3) is 5.91 Å². The van der Waals surface area contributed by atoms with Gasteiger partial charge >= 0.3 is 6.18 Å². The molecular weight excluding hydrogens is 387 g/mol. The number of carbonyl (C=O) groups excluding carboxylic acids is 1. The minimum absolute atomic E-state index is 0.0198. The van der Waals surface area contributed by atoms with Gasteiger partial charge in [-0.25, -0.2) is 0 Å². The summed E-state index contributed by atoms with van der Waals surface area (Å²) in [7, 11) is 0. The maximum absolute atomic E-state index is 13.4. The molecule has 0 radical (unpaired) electrons. The van der Waals surface area contributed by atoms with Crippen LogP contribution in [0.25, 0.3) is 0 Å². The molecule has 2 heterocycles. The summed E-state index contributed by atoms with van der Waals surface area (Å²) in [5.41, 5.74) is 1.70. The molecule has 29 heavy (non-hydrogen) atoms. The molecule has 0 saturated carbocycles. The summed E-state index contributed by atoms with van der Waals surface area (Å²) in [5, 5.41) is 5.46. The average Bonchev–Trinajstić information content (AvgIpc) is 3.16. The number of rotatable bonds is 6. The molecule has 152 valence electrons. The highest BCUT2D eigenvalue weighted by atomic mass is 19.4. The molecule has 0 aliphatic rings. The molecule has 3 aromatic rings. The molecule has 0 fully saturated rings. The Bertz CT molecular complexity index is 987. The second-order valence-corrected chi connectivity index (χ2v) is 6.45. The van der Waals surface area contributed by atoms with Crippen LogP contribution in [0.1, 0.15) is 39.0 Å². The Kier molecular flexibility index (Phi) is 5.86. The zero-order chi connectivity index (χ0) is 21.0. The van der Waals surface area contributed by atoms with Gasteiger partial charge in [0.15, 0.2) is 17.5 Å². The molecule has 1 aromatic carbocycles. The normalized spacial score (nSPS) is 12.4. The Balaban J connectivity index is 1.67. The summed E-state index contributed by atoms with van der Waals surface area (Å²) >= 11 is 0. The smallest absolute Gasteiger partial charge is 0.412 e. The van der Waals surface area contributed by atoms with Gasteiger partial charge in [0.05, 0.1) is 0 Å². The van der Waals surface area contributed by atoms with Gasteiger partial charge in [-0.3, -0.25) is 9.78 Å². The van der Waals surface area contributed by atoms with Crippen molar-refractivity contribution in [3.63, 3.8) is 0 Å². The van der Waals surface area contributed by atoms with Crippen LogP contribution in [0.5, 0.6) is 5.75 Å². The van der Waals surface area contributed by atoms with Crippen molar-refractivity contribution in [2.24, 2.45) is 0 Å². The maximum Gasteiger partial charge on any atom is 0.412 e. The fourth-order valence-corrected chi connectivity index (χ4v) is 2.55. The standard InChI is InChI=1S/C20H18F3N3O3/c1-12-5-6-15(8-13(12)2)28-11-16-9-17(26-29-16)19(27)25-18(20(21,22)23)14-4-3-7-24-10-14/h3-10,18H,11H2,1-2H3,(H,25,27)/t18-/m1/s1. The minimum atomic E-state index is -4.70. The monoisotopic (exact) mass is 405 g/mol. The van der Waals surface area contributed by atoms with Crippen molar-refractivity contribution in [2.45, 2.75) is 32.7 Å². The van der Waals surface area contributed by atoms with E-state index in [1.165, 1.54) is 24.4 Å². The molecule has 1 atom stereocenters. The van der Waals surface area contributed by atoms with Crippen molar-refractivity contribution in [2.75, 3.05) is 0 Å². The summed E-state index contributed by atoms with van der Waals surface area (Å²) in [6.45, 7) is 3.90. The van der Waals surface area contributed by atoms with E-state index in [4.69, 9.17) is 9.26 Å². The quantitative estimate of drug-likeness (QED) is 0.662. The number of benzene rings is 1. The number of pyridine rings is 1. The van der Waals surface area contributed by atoms with Crippen LogP contribution in [-0.4, -0.2) is 22.2 Å². The van der Waals surface area contributed by atoms with Crippen LogP contribution in [0, 0.1) is 13.8 Å². The van der Waals surface area contributed by atoms with Crippen molar-refractivity contribution in [3.05, 3.63) is 76.9 Å². The van der Waals surface area contributed by atoms with E-state index in [0.717, 1.165) is 17.3 Å². The first-order valence-corrected chi connectivity index (χ1v) is 8.67. The molecule has 0 spiro atoms. The number of hydrogen-bond donors (Lipinski definition) is 1. The first-order valence-electron chi connectivity index (χ1n) is 8.67. The third kappa shape index (κ3) is 5.13. The third-order valence-corrected chi connectivity index (χ3v) is 4.27. The molecule has 1 N–H and O–H groups in total. The summed E-state index contributed by atoms with van der Waals surface area (Å²) in [5.74, 6) is -0.208. The molecule has 2 aromatic heterocycles. The highest BCUT2D eigenvalue weighted by Crippen LogP contribution is 2.32. The number of alkyl halides is 3. The highest BCUT2D eigenvalue weighted by Gasteiger charge is 2.42. The van der Waals surface area contributed by atoms with E-state index in [9.17, 15) is 18.0 Å². The maximum atomic E-state index is 13.4. The third-order valence-electron chi connectivity index (χ3n) is 4.27. The lowest BCUT2D eigenvalue weighted by atomic mass is 10.1. The number of aryl methyl sites for hydroxylation is 2. The van der Waals surface area contributed by atoms with E-state index >= 15 is 0 Å². The largest absolute Gasteiger partial charge is 0.486 e. The van der Waals surface area contributed by atoms with Crippen LogP contribution >= 0.6 is 0 Å². The molecule has 1 amide bonds. The van der Waals surface area contributed by atoms with Gasteiger partial charge in [-0.05, 0) is 43.2 Å². The summed E-state index contributed by atoms with van der Waals surface area (Å²) < 4.78 is 50.6. The van der Waals surface area contributed by atoms with Gasteiger partial charge in [0.2, 0.25) is 0 Å². The Morgan fingerprint density at radius 1 is 1.21 bits per heavy atom. The van der Waals surface area contributed by atoms with Gasteiger partial charge in [-0.15, -0.1) is 0 Å². The second-order valence-electron chi connectivity index (χ2n) is 6.45. The zero-order valence-corrected chi connectivity index (χ0v) is 15.7. The molecule has 0 aliphatic heterocycles. The Labute approximate surface area is 164 Å². The highest BCUT2D eigenvalue weighted by molar-refractivity contribution is 5.92. The van der Waals surface area contributed by atoms with Gasteiger partial charge in [-0.2, -0.15) is 13.2 Å². The predicted octanol–water partition coefficient (Wildman–Crippen LogP) is 4.30. The number of nitrogens with one attached hydrogen (secondary N) is 1. The number of halogens is 3. The number of ether oxygens (including phenoxy) is 1. The predicted molar refractivity (Wildman–Crippen MR) is 97.3 cm³/mol. The molecule has 0 bridgehead atoms. The topological polar surface area (TPSA) is 77.2 Å². The van der Waals surface area contributed by atoms with Crippen molar-refractivity contribution < 1.29 is 27.2 Å². The van der Waals surface area contributed by atoms with Crippen LogP contribution in [0.4, 0.5) is 13.2 Å². The average molecular weight is 405 g/mol. The van der Waals surface area contributed by atoms with Gasteiger partial charge in [-0.1, -0.05) is 17.3 Å². The summed E-state index contributed by atoms with van der Waals surface area (Å²) in [4.78, 5) is 15.9. The van der Waals surface area contributed by atoms with Crippen molar-refractivity contribution in [3.8, 4) is 5.75 Å². The molecular formula is C20H18F3N3O3. The fourth-order valence-electron chi connectivity index (χ4n) is 2.55. The van der Waals surface area contributed by atoms with E-state index < -0.39 is 18.1 Å². The molecule has 6 nitrogen and oxygen atoms in total. The molecule has 3 rings (SSSR count). The summed E-state index contributed by atoms with van der Waals surface area (Å²) in [6.07, 6.45) is -2.31. The zero-order valence-electron chi connectivity index (χ0n) is 15.7. The van der Waals surface area contributed by atoms with E-state index in [-0.39, 0.29) is 23.6 Å². The van der Waals surface area contributed by atoms with Crippen LogP contribution in [0.3, 0.4) is 0 Å². The molecule has 9 heteroatoms. The Hall–Kier alpha value is -3.36. The fraction of sp³-hybridized carbons (Fsp3) is 0.250. The van der Waals surface area contributed by atoms with Crippen LogP contribution < -0.4 is 10.1 Å². The second kappa shape index (κ2) is 8.34. The van der Waals surface area contributed by atoms with Gasteiger partial charge in [0.1, 0.15) is 12.4 Å². The van der Waals surface area contributed by atoms with Gasteiger partial charge in [0, 0.05) is 24.0 Å². The molecule has 0 unspecified atom stereocenters. The van der Waals surface area contributed by atoms with Crippen molar-refractivity contribution >= 4 is 5.91 Å². The lowest BCUT2D eigenvalue weighted by molar-refractivity contribution is -0.155. The van der Waals surface area contributed by atoms with Gasteiger partial charge < -0.3 is 14.6 Å². The van der Waals surface area contributed by atoms with Crippen LogP contribution in [-0.2, 0) is 6.61 Å². The first kappa shape index (κ1) is 20.4. The number of amides is 1. The molecule has 0 saturated heterocycles. The SMILES string of the molecule is Cc1ccc(OCc2cc(C(=O)N[C@H](c3cccnc3)C(F)(F)F)no2)cc1C.